The molecule has 0 aromatic heterocycles. The molecule has 2 rings (SSSR count). The van der Waals surface area contributed by atoms with Crippen LogP contribution in [0, 0.1) is 11.8 Å². The van der Waals surface area contributed by atoms with Crippen molar-refractivity contribution < 1.29 is 28.9 Å². The van der Waals surface area contributed by atoms with Crippen molar-refractivity contribution in [1.29, 1.82) is 0 Å². The summed E-state index contributed by atoms with van der Waals surface area (Å²) in [4.78, 5) is 25.8. The van der Waals surface area contributed by atoms with Crippen LogP contribution in [-0.2, 0) is 14.3 Å². The molecule has 216 valence electrons. The fourth-order valence-electron chi connectivity index (χ4n) is 4.88. The summed E-state index contributed by atoms with van der Waals surface area (Å²) in [6.07, 6.45) is 5.72. The van der Waals surface area contributed by atoms with E-state index in [1.54, 1.807) is 26.4 Å². The highest BCUT2D eigenvalue weighted by molar-refractivity contribution is 5.96. The summed E-state index contributed by atoms with van der Waals surface area (Å²) in [6, 6.07) is 6.66. The first-order valence-electron chi connectivity index (χ1n) is 14.0. The quantitative estimate of drug-likeness (QED) is 0.225. The zero-order chi connectivity index (χ0) is 28.0. The number of carbonyl (C=O) groups is 2. The van der Waals surface area contributed by atoms with E-state index in [1.807, 2.05) is 12.1 Å². The van der Waals surface area contributed by atoms with Crippen molar-refractivity contribution in [2.45, 2.75) is 83.0 Å². The van der Waals surface area contributed by atoms with Crippen LogP contribution in [0.3, 0.4) is 0 Å². The van der Waals surface area contributed by atoms with E-state index in [1.165, 1.54) is 0 Å². The zero-order valence-electron chi connectivity index (χ0n) is 23.7. The molecule has 9 nitrogen and oxygen atoms in total. The molecule has 3 atom stereocenters. The number of rotatable bonds is 17. The van der Waals surface area contributed by atoms with Crippen molar-refractivity contribution in [2.24, 2.45) is 17.6 Å². The third-order valence-electron chi connectivity index (χ3n) is 7.61. The predicted octanol–water partition coefficient (Wildman–Crippen LogP) is 3.04. The van der Waals surface area contributed by atoms with Crippen LogP contribution in [0.5, 0.6) is 5.75 Å². The summed E-state index contributed by atoms with van der Waals surface area (Å²) in [5.74, 6) is 0.442. The standard InChI is InChI=1S/C29H49N3O6/c1-21(2)22(18-24(30)25(33)20-32-28(35)29(37-4)14-8-5-9-15-29)19-31-27(34)23-12-6-7-13-26(23)38-17-11-10-16-36-3/h6-7,12-13,21-22,24-25,33H,5,8-11,14-20,30H2,1-4H3,(H,31,34)(H,32,35)/t22-,24+,25+/m1/s1. The van der Waals surface area contributed by atoms with Gasteiger partial charge in [0, 0.05) is 40.0 Å². The number of carbonyl (C=O) groups excluding carboxylic acids is 2. The Morgan fingerprint density at radius 2 is 1.71 bits per heavy atom. The molecule has 0 aliphatic heterocycles. The van der Waals surface area contributed by atoms with Gasteiger partial charge in [-0.3, -0.25) is 9.59 Å². The number of ether oxygens (including phenoxy) is 3. The smallest absolute Gasteiger partial charge is 0.255 e. The van der Waals surface area contributed by atoms with Crippen LogP contribution in [0.4, 0.5) is 0 Å². The normalized spacial score (nSPS) is 17.4. The van der Waals surface area contributed by atoms with E-state index in [9.17, 15) is 14.7 Å². The molecule has 5 N–H and O–H groups in total. The third kappa shape index (κ3) is 9.84. The van der Waals surface area contributed by atoms with Crippen LogP contribution in [0.25, 0.3) is 0 Å². The Labute approximate surface area is 228 Å². The maximum atomic E-state index is 13.0. The van der Waals surface area contributed by atoms with Gasteiger partial charge in [-0.05, 0) is 56.1 Å². The highest BCUT2D eigenvalue weighted by atomic mass is 16.5. The minimum atomic E-state index is -0.902. The summed E-state index contributed by atoms with van der Waals surface area (Å²) in [5, 5.41) is 16.6. The minimum absolute atomic E-state index is 0.0464. The van der Waals surface area contributed by atoms with Crippen LogP contribution in [0.15, 0.2) is 24.3 Å². The van der Waals surface area contributed by atoms with Gasteiger partial charge in [-0.2, -0.15) is 0 Å². The van der Waals surface area contributed by atoms with E-state index < -0.39 is 17.7 Å². The molecule has 0 heterocycles. The molecule has 38 heavy (non-hydrogen) atoms. The number of nitrogens with one attached hydrogen (secondary N) is 2. The van der Waals surface area contributed by atoms with Crippen LogP contribution in [0.2, 0.25) is 0 Å². The lowest BCUT2D eigenvalue weighted by molar-refractivity contribution is -0.148. The maximum absolute atomic E-state index is 13.0. The molecule has 0 bridgehead atoms. The lowest BCUT2D eigenvalue weighted by Crippen LogP contribution is -2.53. The van der Waals surface area contributed by atoms with Crippen LogP contribution in [-0.4, -0.2) is 75.2 Å². The second-order valence-electron chi connectivity index (χ2n) is 10.7. The summed E-state index contributed by atoms with van der Waals surface area (Å²) in [5.41, 5.74) is 6.02. The maximum Gasteiger partial charge on any atom is 0.255 e. The molecule has 1 aromatic rings. The van der Waals surface area contributed by atoms with Crippen LogP contribution >= 0.6 is 0 Å². The summed E-state index contributed by atoms with van der Waals surface area (Å²) in [7, 11) is 3.24. The average Bonchev–Trinajstić information content (AvgIpc) is 2.93. The Morgan fingerprint density at radius 3 is 2.37 bits per heavy atom. The molecule has 1 saturated carbocycles. The van der Waals surface area contributed by atoms with Gasteiger partial charge in [0.2, 0.25) is 0 Å². The Kier molecular flexibility index (Phi) is 14.1. The number of amides is 2. The summed E-state index contributed by atoms with van der Waals surface area (Å²) in [6.45, 7) is 5.81. The molecule has 1 aromatic carbocycles. The van der Waals surface area contributed by atoms with Gasteiger partial charge in [-0.15, -0.1) is 0 Å². The van der Waals surface area contributed by atoms with Crippen LogP contribution < -0.4 is 21.1 Å². The first-order chi connectivity index (χ1) is 18.2. The Bertz CT molecular complexity index is 843. The molecule has 0 saturated heterocycles. The van der Waals surface area contributed by atoms with Gasteiger partial charge in [0.15, 0.2) is 0 Å². The molecule has 0 radical (unpaired) electrons. The zero-order valence-corrected chi connectivity index (χ0v) is 23.7. The van der Waals surface area contributed by atoms with Crippen LogP contribution in [0.1, 0.15) is 75.6 Å². The molecule has 2 amide bonds. The molecule has 1 fully saturated rings. The number of methoxy groups -OCH3 is 2. The first-order valence-corrected chi connectivity index (χ1v) is 14.0. The van der Waals surface area contributed by atoms with Crippen molar-refractivity contribution in [2.75, 3.05) is 40.5 Å². The SMILES string of the molecule is COCCCCOc1ccccc1C(=O)NC[C@@H](C[C@H](N)[C@@H](O)CNC(=O)C1(OC)CCCCC1)C(C)C. The van der Waals surface area contributed by atoms with Gasteiger partial charge in [0.1, 0.15) is 11.4 Å². The van der Waals surface area contributed by atoms with Gasteiger partial charge < -0.3 is 35.7 Å². The van der Waals surface area contributed by atoms with E-state index in [0.717, 1.165) is 32.1 Å². The van der Waals surface area contributed by atoms with Crippen molar-refractivity contribution >= 4 is 11.8 Å². The molecule has 1 aliphatic carbocycles. The van der Waals surface area contributed by atoms with Crippen molar-refractivity contribution in [3.63, 3.8) is 0 Å². The molecule has 9 heteroatoms. The summed E-state index contributed by atoms with van der Waals surface area (Å²) >= 11 is 0. The van der Waals surface area contributed by atoms with E-state index in [0.29, 0.717) is 50.3 Å². The van der Waals surface area contributed by atoms with E-state index in [-0.39, 0.29) is 30.2 Å². The number of hydrogen-bond acceptors (Lipinski definition) is 7. The lowest BCUT2D eigenvalue weighted by atomic mass is 9.83. The number of para-hydroxylation sites is 1. The highest BCUT2D eigenvalue weighted by Crippen LogP contribution is 2.31. The monoisotopic (exact) mass is 535 g/mol. The third-order valence-corrected chi connectivity index (χ3v) is 7.61. The van der Waals surface area contributed by atoms with E-state index in [2.05, 4.69) is 24.5 Å². The minimum Gasteiger partial charge on any atom is -0.493 e. The number of hydrogen-bond donors (Lipinski definition) is 4. The lowest BCUT2D eigenvalue weighted by Gasteiger charge is -2.35. The average molecular weight is 536 g/mol. The number of unbranched alkanes of at least 4 members (excludes halogenated alkanes) is 1. The largest absolute Gasteiger partial charge is 0.493 e. The second kappa shape index (κ2) is 16.7. The molecular formula is C29H49N3O6. The Balaban J connectivity index is 1.86. The predicted molar refractivity (Wildman–Crippen MR) is 148 cm³/mol. The van der Waals surface area contributed by atoms with Crippen molar-refractivity contribution in [3.05, 3.63) is 29.8 Å². The summed E-state index contributed by atoms with van der Waals surface area (Å²) < 4.78 is 16.5. The van der Waals surface area contributed by atoms with Gasteiger partial charge in [-0.25, -0.2) is 0 Å². The molecule has 0 spiro atoms. The van der Waals surface area contributed by atoms with Gasteiger partial charge in [-0.1, -0.05) is 45.2 Å². The topological polar surface area (TPSA) is 132 Å². The van der Waals surface area contributed by atoms with Gasteiger partial charge in [0.05, 0.1) is 18.3 Å². The number of benzene rings is 1. The molecule has 1 aliphatic rings. The first kappa shape index (κ1) is 32.0. The molecule has 0 unspecified atom stereocenters. The van der Waals surface area contributed by atoms with Crippen molar-refractivity contribution in [1.82, 2.24) is 10.6 Å². The Hall–Kier alpha value is -2.20. The van der Waals surface area contributed by atoms with E-state index in [4.69, 9.17) is 19.9 Å². The second-order valence-corrected chi connectivity index (χ2v) is 10.7. The van der Waals surface area contributed by atoms with Gasteiger partial charge in [0.25, 0.3) is 11.8 Å². The number of aliphatic hydroxyl groups is 1. The highest BCUT2D eigenvalue weighted by Gasteiger charge is 2.39. The molecular weight excluding hydrogens is 486 g/mol. The fraction of sp³-hybridized carbons (Fsp3) is 0.724. The number of nitrogens with two attached hydrogens (primary N) is 1. The van der Waals surface area contributed by atoms with Gasteiger partial charge >= 0.3 is 0 Å². The number of aliphatic hydroxyl groups excluding tert-OH is 1. The Morgan fingerprint density at radius 1 is 1.03 bits per heavy atom. The van der Waals surface area contributed by atoms with E-state index >= 15 is 0 Å². The fourth-order valence-corrected chi connectivity index (χ4v) is 4.88. The van der Waals surface area contributed by atoms with Crippen molar-refractivity contribution in [3.8, 4) is 5.75 Å².